The van der Waals surface area contributed by atoms with Crippen molar-refractivity contribution in [3.63, 3.8) is 0 Å². The van der Waals surface area contributed by atoms with Crippen molar-refractivity contribution in [2.45, 2.75) is 26.2 Å². The van der Waals surface area contributed by atoms with E-state index in [-0.39, 0.29) is 5.91 Å². The van der Waals surface area contributed by atoms with Gasteiger partial charge in [-0.05, 0) is 41.7 Å². The lowest BCUT2D eigenvalue weighted by Gasteiger charge is -2.10. The van der Waals surface area contributed by atoms with E-state index < -0.39 is 0 Å². The number of hydrogen-bond donors (Lipinski definition) is 2. The average molecular weight is 359 g/mol. The van der Waals surface area contributed by atoms with Gasteiger partial charge in [-0.1, -0.05) is 56.3 Å². The molecule has 3 rings (SSSR count). The monoisotopic (exact) mass is 359 g/mol. The average Bonchev–Trinajstić information content (AvgIpc) is 2.69. The minimum absolute atomic E-state index is 0.161. The molecule has 0 aliphatic rings. The quantitative estimate of drug-likeness (QED) is 0.616. The molecule has 0 atom stereocenters. The molecule has 0 aliphatic carbocycles. The zero-order valence-corrected chi connectivity index (χ0v) is 15.8. The highest BCUT2D eigenvalue weighted by molar-refractivity contribution is 6.04. The Morgan fingerprint density at radius 2 is 1.70 bits per heavy atom. The van der Waals surface area contributed by atoms with Crippen LogP contribution in [0.4, 0.5) is 11.4 Å². The molecule has 1 aromatic heterocycles. The number of carbonyl (C=O) groups is 1. The molecule has 2 N–H and O–H groups in total. The second kappa shape index (κ2) is 8.99. The smallest absolute Gasteiger partial charge is 0.257 e. The Bertz CT molecular complexity index is 874. The summed E-state index contributed by atoms with van der Waals surface area (Å²) in [5.74, 6) is 0.309. The number of amides is 1. The number of carbonyl (C=O) groups excluding carboxylic acids is 1. The first-order valence-corrected chi connectivity index (χ1v) is 9.26. The molecule has 0 radical (unpaired) electrons. The Labute approximate surface area is 160 Å². The highest BCUT2D eigenvalue weighted by atomic mass is 16.1. The molecule has 4 heteroatoms. The summed E-state index contributed by atoms with van der Waals surface area (Å²) in [7, 11) is 0. The first kappa shape index (κ1) is 18.6. The number of anilines is 2. The lowest BCUT2D eigenvalue weighted by atomic mass is 10.0. The topological polar surface area (TPSA) is 54.0 Å². The van der Waals surface area contributed by atoms with Crippen molar-refractivity contribution >= 4 is 17.3 Å². The van der Waals surface area contributed by atoms with Crippen molar-refractivity contribution in [3.8, 4) is 0 Å². The third-order valence-electron chi connectivity index (χ3n) is 4.42. The molecule has 0 unspecified atom stereocenters. The standard InChI is InChI=1S/C23H25N3O/c1-17(2)19-8-10-21(11-9-19)26-23(27)20-14-22(16-24-15-20)25-13-12-18-6-4-3-5-7-18/h3-11,14-17,25H,12-13H2,1-2H3,(H,26,27). The van der Waals surface area contributed by atoms with Crippen LogP contribution in [0, 0.1) is 0 Å². The Kier molecular flexibility index (Phi) is 6.21. The normalized spacial score (nSPS) is 10.6. The van der Waals surface area contributed by atoms with Gasteiger partial charge in [-0.2, -0.15) is 0 Å². The third-order valence-corrected chi connectivity index (χ3v) is 4.42. The zero-order valence-electron chi connectivity index (χ0n) is 15.8. The number of pyridine rings is 1. The van der Waals surface area contributed by atoms with Gasteiger partial charge in [-0.3, -0.25) is 9.78 Å². The molecule has 4 nitrogen and oxygen atoms in total. The molecule has 0 fully saturated rings. The maximum Gasteiger partial charge on any atom is 0.257 e. The third kappa shape index (κ3) is 5.42. The van der Waals surface area contributed by atoms with Gasteiger partial charge in [0.2, 0.25) is 0 Å². The number of aromatic nitrogens is 1. The molecule has 27 heavy (non-hydrogen) atoms. The van der Waals surface area contributed by atoms with E-state index in [1.54, 1.807) is 12.4 Å². The fourth-order valence-electron chi connectivity index (χ4n) is 2.81. The van der Waals surface area contributed by atoms with Gasteiger partial charge < -0.3 is 10.6 Å². The summed E-state index contributed by atoms with van der Waals surface area (Å²) in [6.07, 6.45) is 4.23. The van der Waals surface area contributed by atoms with Crippen LogP contribution in [0.3, 0.4) is 0 Å². The van der Waals surface area contributed by atoms with Crippen LogP contribution in [0.2, 0.25) is 0 Å². The van der Waals surface area contributed by atoms with Crippen molar-refractivity contribution in [1.82, 2.24) is 4.98 Å². The van der Waals surface area contributed by atoms with Crippen molar-refractivity contribution < 1.29 is 4.79 Å². The van der Waals surface area contributed by atoms with Gasteiger partial charge in [0.25, 0.3) is 5.91 Å². The van der Waals surface area contributed by atoms with E-state index >= 15 is 0 Å². The first-order valence-electron chi connectivity index (χ1n) is 9.26. The number of benzene rings is 2. The lowest BCUT2D eigenvalue weighted by Crippen LogP contribution is -2.13. The van der Waals surface area contributed by atoms with Crippen molar-refractivity contribution in [2.75, 3.05) is 17.2 Å². The highest BCUT2D eigenvalue weighted by Gasteiger charge is 2.08. The molecular weight excluding hydrogens is 334 g/mol. The lowest BCUT2D eigenvalue weighted by molar-refractivity contribution is 0.102. The van der Waals surface area contributed by atoms with Crippen LogP contribution >= 0.6 is 0 Å². The van der Waals surface area contributed by atoms with Crippen molar-refractivity contribution in [3.05, 3.63) is 89.7 Å². The molecule has 0 saturated heterocycles. The van der Waals surface area contributed by atoms with E-state index in [0.29, 0.717) is 11.5 Å². The van der Waals surface area contributed by atoms with Crippen LogP contribution in [0.15, 0.2) is 73.1 Å². The summed E-state index contributed by atoms with van der Waals surface area (Å²) in [4.78, 5) is 16.7. The molecule has 138 valence electrons. The van der Waals surface area contributed by atoms with Crippen molar-refractivity contribution in [2.24, 2.45) is 0 Å². The van der Waals surface area contributed by atoms with E-state index in [9.17, 15) is 4.79 Å². The van der Waals surface area contributed by atoms with Gasteiger partial charge in [0.1, 0.15) is 0 Å². The zero-order chi connectivity index (χ0) is 19.1. The first-order chi connectivity index (χ1) is 13.1. The number of nitrogens with zero attached hydrogens (tertiary/aromatic N) is 1. The molecular formula is C23H25N3O. The minimum atomic E-state index is -0.161. The maximum atomic E-state index is 12.5. The van der Waals surface area contributed by atoms with Gasteiger partial charge in [0, 0.05) is 24.6 Å². The molecule has 0 bridgehead atoms. The second-order valence-corrected chi connectivity index (χ2v) is 6.86. The summed E-state index contributed by atoms with van der Waals surface area (Å²) >= 11 is 0. The predicted octanol–water partition coefficient (Wildman–Crippen LogP) is 5.11. The van der Waals surface area contributed by atoms with Crippen LogP contribution in [0.25, 0.3) is 0 Å². The van der Waals surface area contributed by atoms with Gasteiger partial charge in [0.05, 0.1) is 11.3 Å². The predicted molar refractivity (Wildman–Crippen MR) is 111 cm³/mol. The van der Waals surface area contributed by atoms with Crippen LogP contribution in [-0.2, 0) is 6.42 Å². The largest absolute Gasteiger partial charge is 0.383 e. The van der Waals surface area contributed by atoms with E-state index in [2.05, 4.69) is 41.6 Å². The highest BCUT2D eigenvalue weighted by Crippen LogP contribution is 2.18. The van der Waals surface area contributed by atoms with Gasteiger partial charge in [-0.25, -0.2) is 0 Å². The summed E-state index contributed by atoms with van der Waals surface area (Å²) in [5, 5.41) is 6.26. The molecule has 2 aromatic carbocycles. The number of nitrogens with one attached hydrogen (secondary N) is 2. The van der Waals surface area contributed by atoms with Crippen LogP contribution in [0.1, 0.15) is 41.3 Å². The SMILES string of the molecule is CC(C)c1ccc(NC(=O)c2cncc(NCCc3ccccc3)c2)cc1. The van der Waals surface area contributed by atoms with Gasteiger partial charge >= 0.3 is 0 Å². The fraction of sp³-hybridized carbons (Fsp3) is 0.217. The van der Waals surface area contributed by atoms with Crippen LogP contribution in [0.5, 0.6) is 0 Å². The van der Waals surface area contributed by atoms with E-state index in [1.165, 1.54) is 11.1 Å². The Morgan fingerprint density at radius 1 is 0.963 bits per heavy atom. The fourth-order valence-corrected chi connectivity index (χ4v) is 2.81. The second-order valence-electron chi connectivity index (χ2n) is 6.86. The van der Waals surface area contributed by atoms with Crippen LogP contribution in [-0.4, -0.2) is 17.4 Å². The maximum absolute atomic E-state index is 12.5. The molecule has 0 spiro atoms. The van der Waals surface area contributed by atoms with E-state index in [4.69, 9.17) is 0 Å². The summed E-state index contributed by atoms with van der Waals surface area (Å²) < 4.78 is 0. The van der Waals surface area contributed by atoms with E-state index in [0.717, 1.165) is 24.3 Å². The Hall–Kier alpha value is -3.14. The molecule has 1 amide bonds. The minimum Gasteiger partial charge on any atom is -0.383 e. The molecule has 1 heterocycles. The van der Waals surface area contributed by atoms with E-state index in [1.807, 2.05) is 48.5 Å². The Balaban J connectivity index is 1.58. The summed E-state index contributed by atoms with van der Waals surface area (Å²) in [6.45, 7) is 5.08. The Morgan fingerprint density at radius 3 is 2.41 bits per heavy atom. The molecule has 0 saturated carbocycles. The number of rotatable bonds is 7. The summed E-state index contributed by atoms with van der Waals surface area (Å²) in [6, 6.07) is 20.1. The molecule has 3 aromatic rings. The number of hydrogen-bond acceptors (Lipinski definition) is 3. The van der Waals surface area contributed by atoms with Crippen molar-refractivity contribution in [1.29, 1.82) is 0 Å². The van der Waals surface area contributed by atoms with Gasteiger partial charge in [-0.15, -0.1) is 0 Å². The van der Waals surface area contributed by atoms with Crippen LogP contribution < -0.4 is 10.6 Å². The van der Waals surface area contributed by atoms with Gasteiger partial charge in [0.15, 0.2) is 0 Å². The molecule has 0 aliphatic heterocycles. The summed E-state index contributed by atoms with van der Waals surface area (Å²) in [5.41, 5.74) is 4.68.